The fraction of sp³-hybridized carbons (Fsp3) is 0.267. The minimum atomic E-state index is -0.375. The molecule has 0 N–H and O–H groups in total. The third kappa shape index (κ3) is 4.57. The van der Waals surface area contributed by atoms with Crippen molar-refractivity contribution in [2.75, 3.05) is 18.0 Å². The summed E-state index contributed by atoms with van der Waals surface area (Å²) in [7, 11) is 0. The van der Waals surface area contributed by atoms with E-state index in [1.165, 1.54) is 37.1 Å². The summed E-state index contributed by atoms with van der Waals surface area (Å²) in [6.45, 7) is 6.06. The van der Waals surface area contributed by atoms with Crippen LogP contribution in [0.5, 0.6) is 5.75 Å². The number of nitrogens with zero attached hydrogens (tertiary/aromatic N) is 3. The molecule has 0 bridgehead atoms. The van der Waals surface area contributed by atoms with E-state index in [2.05, 4.69) is 29.2 Å². The molecule has 1 unspecified atom stereocenters. The van der Waals surface area contributed by atoms with E-state index in [1.54, 1.807) is 6.07 Å². The summed E-state index contributed by atoms with van der Waals surface area (Å²) in [6, 6.07) is 22.5. The number of hydrogen-bond acceptors (Lipinski definition) is 4. The average molecular weight is 466 g/mol. The van der Waals surface area contributed by atoms with E-state index in [4.69, 9.17) is 9.72 Å². The first-order valence-corrected chi connectivity index (χ1v) is 12.2. The molecule has 4 aromatic rings. The van der Waals surface area contributed by atoms with Crippen LogP contribution in [0.25, 0.3) is 22.0 Å². The minimum Gasteiger partial charge on any atom is -0.485 e. The second-order valence-corrected chi connectivity index (χ2v) is 9.11. The average Bonchev–Trinajstić information content (AvgIpc) is 2.89. The van der Waals surface area contributed by atoms with Gasteiger partial charge in [0, 0.05) is 35.4 Å². The van der Waals surface area contributed by atoms with Crippen molar-refractivity contribution >= 4 is 16.6 Å². The van der Waals surface area contributed by atoms with Crippen LogP contribution in [0.2, 0.25) is 0 Å². The fourth-order valence-electron chi connectivity index (χ4n) is 5.07. The predicted octanol–water partition coefficient (Wildman–Crippen LogP) is 7.35. The summed E-state index contributed by atoms with van der Waals surface area (Å²) < 4.78 is 20.2. The zero-order chi connectivity index (χ0) is 24.4. The Bertz CT molecular complexity index is 1400. The summed E-state index contributed by atoms with van der Waals surface area (Å²) >= 11 is 0. The molecule has 0 aliphatic carbocycles. The van der Waals surface area contributed by atoms with Gasteiger partial charge < -0.3 is 9.64 Å². The van der Waals surface area contributed by atoms with Crippen LogP contribution in [0.4, 0.5) is 10.1 Å². The lowest BCUT2D eigenvalue weighted by atomic mass is 9.91. The molecule has 5 heteroatoms. The molecule has 0 amide bonds. The molecule has 2 heterocycles. The lowest BCUT2D eigenvalue weighted by molar-refractivity contribution is 0.225. The maximum Gasteiger partial charge on any atom is 0.137 e. The Labute approximate surface area is 205 Å². The number of ether oxygens (including phenoxy) is 1. The maximum atomic E-state index is 13.9. The Morgan fingerprint density at radius 2 is 1.74 bits per heavy atom. The molecule has 4 nitrogen and oxygen atoms in total. The lowest BCUT2D eigenvalue weighted by Gasteiger charge is -2.29. The van der Waals surface area contributed by atoms with E-state index in [9.17, 15) is 9.65 Å². The number of aryl methyl sites for hydroxylation is 1. The topological polar surface area (TPSA) is 49.2 Å². The monoisotopic (exact) mass is 465 g/mol. The van der Waals surface area contributed by atoms with E-state index >= 15 is 0 Å². The molecule has 1 aliphatic heterocycles. The summed E-state index contributed by atoms with van der Waals surface area (Å²) in [6.07, 6.45) is 3.29. The van der Waals surface area contributed by atoms with Crippen molar-refractivity contribution in [1.29, 1.82) is 5.26 Å². The van der Waals surface area contributed by atoms with Crippen LogP contribution in [0.1, 0.15) is 49.1 Å². The minimum absolute atomic E-state index is 0.272. The first-order valence-electron chi connectivity index (χ1n) is 12.2. The van der Waals surface area contributed by atoms with Crippen LogP contribution < -0.4 is 9.64 Å². The number of pyridine rings is 1. The van der Waals surface area contributed by atoms with E-state index in [0.717, 1.165) is 46.4 Å². The van der Waals surface area contributed by atoms with Gasteiger partial charge in [-0.3, -0.25) is 4.98 Å². The number of hydrogen-bond donors (Lipinski definition) is 0. The normalized spacial score (nSPS) is 14.5. The van der Waals surface area contributed by atoms with Crippen LogP contribution in [0, 0.1) is 24.1 Å². The molecule has 0 saturated carbocycles. The third-order valence-corrected chi connectivity index (χ3v) is 6.77. The van der Waals surface area contributed by atoms with Crippen molar-refractivity contribution in [2.24, 2.45) is 0 Å². The molecule has 1 atom stereocenters. The van der Waals surface area contributed by atoms with Gasteiger partial charge in [0.2, 0.25) is 0 Å². The van der Waals surface area contributed by atoms with E-state index in [-0.39, 0.29) is 11.9 Å². The standard InChI is InChI=1S/C30H28FN3O/c1-20-29(21(2)35-28-9-5-4-8-23(28)19-32)30(22-10-12-24(31)13-11-22)26-18-25(14-15-27(26)33-20)34-16-6-3-7-17-34/h4-5,8-15,18,21H,3,6-7,16-17H2,1-2H3. The Balaban J connectivity index is 1.69. The highest BCUT2D eigenvalue weighted by atomic mass is 19.1. The number of halogens is 1. The Kier molecular flexibility index (Phi) is 6.37. The van der Waals surface area contributed by atoms with Gasteiger partial charge in [0.15, 0.2) is 0 Å². The van der Waals surface area contributed by atoms with Crippen molar-refractivity contribution in [3.8, 4) is 22.9 Å². The summed E-state index contributed by atoms with van der Waals surface area (Å²) in [5.74, 6) is 0.265. The van der Waals surface area contributed by atoms with Crippen LogP contribution in [-0.4, -0.2) is 18.1 Å². The Hall–Kier alpha value is -3.91. The maximum absolute atomic E-state index is 13.9. The summed E-state index contributed by atoms with van der Waals surface area (Å²) in [5, 5.41) is 10.5. The molecule has 5 rings (SSSR count). The number of piperidine rings is 1. The predicted molar refractivity (Wildman–Crippen MR) is 138 cm³/mol. The smallest absolute Gasteiger partial charge is 0.137 e. The van der Waals surface area contributed by atoms with Gasteiger partial charge in [-0.05, 0) is 86.7 Å². The fourth-order valence-corrected chi connectivity index (χ4v) is 5.07. The molecule has 1 fully saturated rings. The van der Waals surface area contributed by atoms with Crippen LogP contribution in [-0.2, 0) is 0 Å². The molecular formula is C30H28FN3O. The number of nitriles is 1. The third-order valence-electron chi connectivity index (χ3n) is 6.77. The number of para-hydroxylation sites is 1. The molecule has 176 valence electrons. The van der Waals surface area contributed by atoms with Gasteiger partial charge in [-0.1, -0.05) is 24.3 Å². The number of benzene rings is 3. The molecule has 1 aromatic heterocycles. The van der Waals surface area contributed by atoms with E-state index in [0.29, 0.717) is 11.3 Å². The van der Waals surface area contributed by atoms with Gasteiger partial charge in [0.05, 0.1) is 11.1 Å². The van der Waals surface area contributed by atoms with Crippen LogP contribution in [0.3, 0.4) is 0 Å². The van der Waals surface area contributed by atoms with Crippen molar-refractivity contribution in [3.63, 3.8) is 0 Å². The molecular weight excluding hydrogens is 437 g/mol. The number of fused-ring (bicyclic) bond motifs is 1. The summed E-state index contributed by atoms with van der Waals surface area (Å²) in [4.78, 5) is 7.36. The Morgan fingerprint density at radius 1 is 1.00 bits per heavy atom. The molecule has 0 radical (unpaired) electrons. The zero-order valence-electron chi connectivity index (χ0n) is 20.1. The van der Waals surface area contributed by atoms with Crippen molar-refractivity contribution in [1.82, 2.24) is 4.98 Å². The number of aromatic nitrogens is 1. The van der Waals surface area contributed by atoms with Crippen LogP contribution >= 0.6 is 0 Å². The Morgan fingerprint density at radius 3 is 2.49 bits per heavy atom. The largest absolute Gasteiger partial charge is 0.485 e. The summed E-state index contributed by atoms with van der Waals surface area (Å²) in [5.41, 5.74) is 6.26. The van der Waals surface area contributed by atoms with Gasteiger partial charge in [-0.2, -0.15) is 5.26 Å². The molecule has 3 aromatic carbocycles. The SMILES string of the molecule is Cc1nc2ccc(N3CCCCC3)cc2c(-c2ccc(F)cc2)c1C(C)Oc1ccccc1C#N. The van der Waals surface area contributed by atoms with Gasteiger partial charge in [-0.25, -0.2) is 4.39 Å². The number of rotatable bonds is 5. The molecule has 1 aliphatic rings. The van der Waals surface area contributed by atoms with Crippen LogP contribution in [0.15, 0.2) is 66.7 Å². The van der Waals surface area contributed by atoms with Gasteiger partial charge in [0.25, 0.3) is 0 Å². The molecule has 0 spiro atoms. The highest BCUT2D eigenvalue weighted by molar-refractivity contribution is 5.98. The van der Waals surface area contributed by atoms with Gasteiger partial charge in [-0.15, -0.1) is 0 Å². The first kappa shape index (κ1) is 22.9. The number of anilines is 1. The highest BCUT2D eigenvalue weighted by Gasteiger charge is 2.23. The molecule has 1 saturated heterocycles. The zero-order valence-corrected chi connectivity index (χ0v) is 20.1. The van der Waals surface area contributed by atoms with Gasteiger partial charge in [0.1, 0.15) is 23.7 Å². The highest BCUT2D eigenvalue weighted by Crippen LogP contribution is 2.40. The van der Waals surface area contributed by atoms with Crippen molar-refractivity contribution < 1.29 is 9.13 Å². The second-order valence-electron chi connectivity index (χ2n) is 9.11. The van der Waals surface area contributed by atoms with Crippen molar-refractivity contribution in [3.05, 3.63) is 89.4 Å². The van der Waals surface area contributed by atoms with Gasteiger partial charge >= 0.3 is 0 Å². The lowest BCUT2D eigenvalue weighted by Crippen LogP contribution is -2.29. The van der Waals surface area contributed by atoms with E-state index < -0.39 is 0 Å². The molecule has 35 heavy (non-hydrogen) atoms. The van der Waals surface area contributed by atoms with E-state index in [1.807, 2.05) is 44.2 Å². The second kappa shape index (κ2) is 9.76. The van der Waals surface area contributed by atoms with Crippen molar-refractivity contribution in [2.45, 2.75) is 39.2 Å². The first-order chi connectivity index (χ1) is 17.0. The quantitative estimate of drug-likeness (QED) is 0.309.